The Morgan fingerprint density at radius 2 is 1.55 bits per heavy atom. The maximum absolute atomic E-state index is 6.10. The number of piperazine rings is 1. The standard InChI is InChI=1S/C23H28N8/c1-16(28-29-19-6-4-3-5-7-19)18-8-10-20(11-9-18)30-12-14-31(15-13-30)21-17(2)26-23(25)27-22(21)24/h3-11,29H,12-15H2,1-2H3,(H4,24,25,26,27)/b28-16+. The van der Waals surface area contributed by atoms with Crippen molar-refractivity contribution < 1.29 is 0 Å². The van der Waals surface area contributed by atoms with Gasteiger partial charge in [0.15, 0.2) is 5.82 Å². The highest BCUT2D eigenvalue weighted by atomic mass is 15.3. The maximum atomic E-state index is 6.10. The summed E-state index contributed by atoms with van der Waals surface area (Å²) in [5, 5.41) is 4.49. The molecule has 1 fully saturated rings. The first kappa shape index (κ1) is 20.5. The Kier molecular flexibility index (Phi) is 5.88. The van der Waals surface area contributed by atoms with Gasteiger partial charge in [-0.25, -0.2) is 4.98 Å². The van der Waals surface area contributed by atoms with Crippen LogP contribution in [0.5, 0.6) is 0 Å². The molecule has 1 saturated heterocycles. The second kappa shape index (κ2) is 8.91. The predicted octanol–water partition coefficient (Wildman–Crippen LogP) is 3.11. The van der Waals surface area contributed by atoms with Gasteiger partial charge in [-0.05, 0) is 43.7 Å². The lowest BCUT2D eigenvalue weighted by Gasteiger charge is -2.38. The van der Waals surface area contributed by atoms with E-state index < -0.39 is 0 Å². The summed E-state index contributed by atoms with van der Waals surface area (Å²) in [7, 11) is 0. The van der Waals surface area contributed by atoms with Crippen molar-refractivity contribution in [3.63, 3.8) is 0 Å². The summed E-state index contributed by atoms with van der Waals surface area (Å²) in [6.45, 7) is 7.41. The lowest BCUT2D eigenvalue weighted by Crippen LogP contribution is -2.47. The number of para-hydroxylation sites is 1. The molecule has 1 aromatic heterocycles. The zero-order valence-electron chi connectivity index (χ0n) is 17.9. The minimum atomic E-state index is 0.218. The van der Waals surface area contributed by atoms with Crippen molar-refractivity contribution in [2.24, 2.45) is 5.10 Å². The Labute approximate surface area is 182 Å². The van der Waals surface area contributed by atoms with Crippen molar-refractivity contribution in [1.29, 1.82) is 0 Å². The average Bonchev–Trinajstić information content (AvgIpc) is 2.78. The summed E-state index contributed by atoms with van der Waals surface area (Å²) in [4.78, 5) is 13.0. The number of aromatic nitrogens is 2. The summed E-state index contributed by atoms with van der Waals surface area (Å²) in [6.07, 6.45) is 0. The highest BCUT2D eigenvalue weighted by Crippen LogP contribution is 2.27. The van der Waals surface area contributed by atoms with Crippen LogP contribution < -0.4 is 26.7 Å². The Morgan fingerprint density at radius 3 is 2.19 bits per heavy atom. The molecule has 8 nitrogen and oxygen atoms in total. The summed E-state index contributed by atoms with van der Waals surface area (Å²) in [5.74, 6) is 0.664. The third kappa shape index (κ3) is 4.69. The van der Waals surface area contributed by atoms with E-state index in [1.165, 1.54) is 5.69 Å². The largest absolute Gasteiger partial charge is 0.382 e. The van der Waals surface area contributed by atoms with Crippen molar-refractivity contribution in [2.45, 2.75) is 13.8 Å². The molecular formula is C23H28N8. The number of benzene rings is 2. The van der Waals surface area contributed by atoms with Gasteiger partial charge in [-0.2, -0.15) is 10.1 Å². The molecule has 0 atom stereocenters. The van der Waals surface area contributed by atoms with E-state index in [4.69, 9.17) is 11.5 Å². The number of hydrogen-bond donors (Lipinski definition) is 3. The second-order valence-electron chi connectivity index (χ2n) is 7.60. The summed E-state index contributed by atoms with van der Waals surface area (Å²) in [6, 6.07) is 18.5. The predicted molar refractivity (Wildman–Crippen MR) is 129 cm³/mol. The number of hydrogen-bond acceptors (Lipinski definition) is 8. The van der Waals surface area contributed by atoms with E-state index in [0.717, 1.165) is 54.5 Å². The Balaban J connectivity index is 1.38. The topological polar surface area (TPSA) is 109 Å². The van der Waals surface area contributed by atoms with Crippen LogP contribution in [0.15, 0.2) is 59.7 Å². The second-order valence-corrected chi connectivity index (χ2v) is 7.60. The Bertz CT molecular complexity index is 1030. The SMILES string of the molecule is C/C(=N\Nc1ccccc1)c1ccc(N2CCN(c3c(C)nc(N)nc3N)CC2)cc1. The number of aryl methyl sites for hydroxylation is 1. The van der Waals surface area contributed by atoms with Crippen LogP contribution >= 0.6 is 0 Å². The quantitative estimate of drug-likeness (QED) is 0.433. The highest BCUT2D eigenvalue weighted by Gasteiger charge is 2.22. The van der Waals surface area contributed by atoms with Crippen LogP contribution in [0.1, 0.15) is 18.2 Å². The lowest BCUT2D eigenvalue weighted by atomic mass is 10.1. The molecule has 2 aromatic carbocycles. The molecule has 0 bridgehead atoms. The molecule has 0 aliphatic carbocycles. The highest BCUT2D eigenvalue weighted by molar-refractivity contribution is 5.99. The van der Waals surface area contributed by atoms with E-state index in [9.17, 15) is 0 Å². The minimum absolute atomic E-state index is 0.218. The summed E-state index contributed by atoms with van der Waals surface area (Å²) < 4.78 is 0. The monoisotopic (exact) mass is 416 g/mol. The van der Waals surface area contributed by atoms with Gasteiger partial charge in [0.1, 0.15) is 5.69 Å². The van der Waals surface area contributed by atoms with E-state index in [2.05, 4.69) is 54.6 Å². The molecule has 2 heterocycles. The average molecular weight is 417 g/mol. The van der Waals surface area contributed by atoms with Crippen molar-refractivity contribution in [3.05, 3.63) is 65.9 Å². The van der Waals surface area contributed by atoms with Crippen LogP contribution in [0.4, 0.5) is 28.8 Å². The van der Waals surface area contributed by atoms with Crippen LogP contribution in [0.25, 0.3) is 0 Å². The molecule has 0 radical (unpaired) electrons. The van der Waals surface area contributed by atoms with Crippen LogP contribution in [0, 0.1) is 6.92 Å². The Morgan fingerprint density at radius 1 is 0.903 bits per heavy atom. The van der Waals surface area contributed by atoms with Crippen molar-refractivity contribution in [2.75, 3.05) is 52.9 Å². The van der Waals surface area contributed by atoms with Crippen LogP contribution in [0.2, 0.25) is 0 Å². The van der Waals surface area contributed by atoms with Gasteiger partial charge >= 0.3 is 0 Å². The molecule has 1 aliphatic rings. The molecule has 0 spiro atoms. The van der Waals surface area contributed by atoms with Crippen molar-refractivity contribution >= 4 is 34.5 Å². The number of nitrogens with two attached hydrogens (primary N) is 2. The summed E-state index contributed by atoms with van der Waals surface area (Å²) >= 11 is 0. The van der Waals surface area contributed by atoms with Gasteiger partial charge in [0.05, 0.1) is 17.1 Å². The number of hydrazone groups is 1. The third-order valence-corrected chi connectivity index (χ3v) is 5.48. The number of rotatable bonds is 5. The smallest absolute Gasteiger partial charge is 0.222 e. The molecular weight excluding hydrogens is 388 g/mol. The van der Waals surface area contributed by atoms with Gasteiger partial charge in [0.25, 0.3) is 0 Å². The zero-order chi connectivity index (χ0) is 21.8. The van der Waals surface area contributed by atoms with Crippen LogP contribution in [-0.4, -0.2) is 41.9 Å². The fraction of sp³-hybridized carbons (Fsp3) is 0.261. The van der Waals surface area contributed by atoms with Crippen LogP contribution in [0.3, 0.4) is 0 Å². The fourth-order valence-corrected chi connectivity index (χ4v) is 3.83. The van der Waals surface area contributed by atoms with E-state index in [0.29, 0.717) is 5.82 Å². The van der Waals surface area contributed by atoms with E-state index >= 15 is 0 Å². The first-order valence-electron chi connectivity index (χ1n) is 10.4. The molecule has 160 valence electrons. The van der Waals surface area contributed by atoms with Gasteiger partial charge in [-0.1, -0.05) is 30.3 Å². The Hall–Kier alpha value is -3.81. The van der Waals surface area contributed by atoms with Gasteiger partial charge in [-0.15, -0.1) is 0 Å². The third-order valence-electron chi connectivity index (χ3n) is 5.48. The normalized spacial score (nSPS) is 14.6. The molecule has 5 N–H and O–H groups in total. The molecule has 0 amide bonds. The molecule has 3 aromatic rings. The van der Waals surface area contributed by atoms with Gasteiger partial charge in [0.2, 0.25) is 5.95 Å². The maximum Gasteiger partial charge on any atom is 0.222 e. The number of anilines is 5. The molecule has 0 saturated carbocycles. The van der Waals surface area contributed by atoms with Crippen molar-refractivity contribution in [3.8, 4) is 0 Å². The van der Waals surface area contributed by atoms with Crippen LogP contribution in [-0.2, 0) is 0 Å². The van der Waals surface area contributed by atoms with Gasteiger partial charge < -0.3 is 21.3 Å². The zero-order valence-corrected chi connectivity index (χ0v) is 17.9. The van der Waals surface area contributed by atoms with E-state index in [-0.39, 0.29) is 5.95 Å². The molecule has 4 rings (SSSR count). The van der Waals surface area contributed by atoms with E-state index in [1.807, 2.05) is 44.2 Å². The first-order valence-corrected chi connectivity index (χ1v) is 10.4. The van der Waals surface area contributed by atoms with Gasteiger partial charge in [0, 0.05) is 31.9 Å². The first-order chi connectivity index (χ1) is 15.0. The number of nitrogens with one attached hydrogen (secondary N) is 1. The molecule has 1 aliphatic heterocycles. The van der Waals surface area contributed by atoms with E-state index in [1.54, 1.807) is 0 Å². The number of nitrogen functional groups attached to an aromatic ring is 2. The van der Waals surface area contributed by atoms with Gasteiger partial charge in [-0.3, -0.25) is 5.43 Å². The van der Waals surface area contributed by atoms with Crippen molar-refractivity contribution in [1.82, 2.24) is 9.97 Å². The molecule has 31 heavy (non-hydrogen) atoms. The fourth-order valence-electron chi connectivity index (χ4n) is 3.83. The summed E-state index contributed by atoms with van der Waals surface area (Å²) in [5.41, 5.74) is 20.8. The number of nitrogens with zero attached hydrogens (tertiary/aromatic N) is 5. The lowest BCUT2D eigenvalue weighted by molar-refractivity contribution is 0.651. The minimum Gasteiger partial charge on any atom is -0.382 e. The molecule has 8 heteroatoms. The molecule has 0 unspecified atom stereocenters.